The van der Waals surface area contributed by atoms with E-state index in [0.29, 0.717) is 11.9 Å². The van der Waals surface area contributed by atoms with Crippen molar-refractivity contribution in [2.24, 2.45) is 0 Å². The number of aromatic amines is 1. The summed E-state index contributed by atoms with van der Waals surface area (Å²) in [5, 5.41) is 12.3. The molecule has 1 aliphatic rings. The van der Waals surface area contributed by atoms with Crippen LogP contribution in [0.15, 0.2) is 24.8 Å². The van der Waals surface area contributed by atoms with Crippen molar-refractivity contribution in [1.29, 1.82) is 0 Å². The van der Waals surface area contributed by atoms with Crippen LogP contribution in [0.2, 0.25) is 0 Å². The van der Waals surface area contributed by atoms with Crippen LogP contribution < -0.4 is 10.2 Å². The molecule has 29 heavy (non-hydrogen) atoms. The highest BCUT2D eigenvalue weighted by molar-refractivity contribution is 7.29. The highest BCUT2D eigenvalue weighted by Gasteiger charge is 2.28. The van der Waals surface area contributed by atoms with Gasteiger partial charge in [0.2, 0.25) is 0 Å². The summed E-state index contributed by atoms with van der Waals surface area (Å²) in [6.45, 7) is 8.66. The fourth-order valence-corrected chi connectivity index (χ4v) is 5.54. The maximum Gasteiger partial charge on any atom is 0.188 e. The lowest BCUT2D eigenvalue weighted by Crippen LogP contribution is -2.44. The Morgan fingerprint density at radius 2 is 1.86 bits per heavy atom. The van der Waals surface area contributed by atoms with Crippen LogP contribution in [0.5, 0.6) is 0 Å². The number of H-pyrrole nitrogens is 1. The maximum atomic E-state index is 4.83. The van der Waals surface area contributed by atoms with E-state index in [0.717, 1.165) is 50.4 Å². The van der Waals surface area contributed by atoms with Gasteiger partial charge >= 0.3 is 0 Å². The number of nitrogens with zero attached hydrogens (tertiary/aromatic N) is 6. The molecular weight excluding hydrogens is 404 g/mol. The number of thiazole rings is 2. The van der Waals surface area contributed by atoms with Crippen molar-refractivity contribution in [3.63, 3.8) is 0 Å². The average molecular weight is 427 g/mol. The quantitative estimate of drug-likeness (QED) is 0.515. The minimum absolute atomic E-state index is 0.132. The smallest absolute Gasteiger partial charge is 0.188 e. The van der Waals surface area contributed by atoms with Gasteiger partial charge in [-0.15, -0.1) is 0 Å². The van der Waals surface area contributed by atoms with E-state index >= 15 is 0 Å². The third-order valence-electron chi connectivity index (χ3n) is 4.74. The van der Waals surface area contributed by atoms with Crippen molar-refractivity contribution in [2.75, 3.05) is 18.0 Å². The third-order valence-corrected chi connectivity index (χ3v) is 6.82. The first-order chi connectivity index (χ1) is 13.9. The SMILES string of the molecule is CC(C)(C)NC1CCN(c2nc3sc(-c4ncc(-c5cn[nH]c5)cn4)nc3s2)C1. The van der Waals surface area contributed by atoms with Gasteiger partial charge in [0.05, 0.1) is 6.20 Å². The van der Waals surface area contributed by atoms with Gasteiger partial charge in [0.1, 0.15) is 0 Å². The zero-order chi connectivity index (χ0) is 20.0. The van der Waals surface area contributed by atoms with E-state index in [4.69, 9.17) is 9.97 Å². The number of hydrogen-bond acceptors (Lipinski definition) is 9. The molecule has 1 fully saturated rings. The minimum atomic E-state index is 0.132. The van der Waals surface area contributed by atoms with Gasteiger partial charge in [0, 0.05) is 54.4 Å². The second-order valence-electron chi connectivity index (χ2n) is 8.23. The topological polar surface area (TPSA) is 95.5 Å². The molecule has 1 saturated heterocycles. The van der Waals surface area contributed by atoms with Crippen molar-refractivity contribution < 1.29 is 0 Å². The van der Waals surface area contributed by atoms with Gasteiger partial charge < -0.3 is 10.2 Å². The van der Waals surface area contributed by atoms with Crippen molar-refractivity contribution in [3.8, 4) is 22.0 Å². The highest BCUT2D eigenvalue weighted by atomic mass is 32.1. The summed E-state index contributed by atoms with van der Waals surface area (Å²) >= 11 is 3.20. The molecule has 0 bridgehead atoms. The Balaban J connectivity index is 1.32. The molecule has 1 aliphatic heterocycles. The number of nitrogens with one attached hydrogen (secondary N) is 2. The predicted octanol–water partition coefficient (Wildman–Crippen LogP) is 3.57. The molecule has 0 aliphatic carbocycles. The zero-order valence-electron chi connectivity index (χ0n) is 16.5. The lowest BCUT2D eigenvalue weighted by Gasteiger charge is -2.25. The van der Waals surface area contributed by atoms with Crippen LogP contribution in [0.1, 0.15) is 27.2 Å². The molecule has 0 spiro atoms. The summed E-state index contributed by atoms with van der Waals surface area (Å²) in [7, 11) is 0. The molecule has 150 valence electrons. The fraction of sp³-hybridized carbons (Fsp3) is 0.421. The zero-order valence-corrected chi connectivity index (χ0v) is 18.1. The molecule has 1 unspecified atom stereocenters. The van der Waals surface area contributed by atoms with E-state index in [9.17, 15) is 0 Å². The monoisotopic (exact) mass is 426 g/mol. The first-order valence-corrected chi connectivity index (χ1v) is 11.2. The molecule has 0 amide bonds. The molecule has 4 aromatic rings. The van der Waals surface area contributed by atoms with Gasteiger partial charge in [-0.1, -0.05) is 22.7 Å². The summed E-state index contributed by atoms with van der Waals surface area (Å²) in [5.74, 6) is 0.629. The van der Waals surface area contributed by atoms with E-state index in [1.165, 1.54) is 0 Å². The molecule has 0 aromatic carbocycles. The van der Waals surface area contributed by atoms with Crippen LogP contribution in [0.4, 0.5) is 5.13 Å². The summed E-state index contributed by atoms with van der Waals surface area (Å²) < 4.78 is 0. The molecule has 0 radical (unpaired) electrons. The predicted molar refractivity (Wildman–Crippen MR) is 117 cm³/mol. The normalized spacial score (nSPS) is 17.5. The second-order valence-corrected chi connectivity index (χ2v) is 10.2. The van der Waals surface area contributed by atoms with Crippen LogP contribution in [0.25, 0.3) is 31.6 Å². The van der Waals surface area contributed by atoms with Crippen LogP contribution in [-0.4, -0.2) is 54.8 Å². The fourth-order valence-electron chi connectivity index (χ4n) is 3.52. The van der Waals surface area contributed by atoms with Gasteiger partial charge in [0.25, 0.3) is 0 Å². The lowest BCUT2D eigenvalue weighted by atomic mass is 10.1. The summed E-state index contributed by atoms with van der Waals surface area (Å²) in [6.07, 6.45) is 8.31. The largest absolute Gasteiger partial charge is 0.346 e. The van der Waals surface area contributed by atoms with Crippen molar-refractivity contribution in [2.45, 2.75) is 38.8 Å². The van der Waals surface area contributed by atoms with E-state index in [1.54, 1.807) is 41.3 Å². The van der Waals surface area contributed by atoms with Crippen molar-refractivity contribution in [1.82, 2.24) is 35.5 Å². The standard InChI is InChI=1S/C19H22N8S2/c1-19(2,3)26-13-4-5-27(10-13)18-25-17-16(29-18)24-15(28-17)14-20-6-11(7-21-14)12-8-22-23-9-12/h6-9,13,26H,4-5,10H2,1-3H3,(H,22,23). The van der Waals surface area contributed by atoms with Crippen molar-refractivity contribution >= 4 is 37.5 Å². The molecule has 5 rings (SSSR count). The molecule has 0 saturated carbocycles. The Morgan fingerprint density at radius 3 is 2.55 bits per heavy atom. The molecule has 2 N–H and O–H groups in total. The van der Waals surface area contributed by atoms with E-state index in [1.807, 2.05) is 6.20 Å². The van der Waals surface area contributed by atoms with Gasteiger partial charge in [-0.3, -0.25) is 5.10 Å². The van der Waals surface area contributed by atoms with Gasteiger partial charge in [0.15, 0.2) is 25.6 Å². The average Bonchev–Trinajstić information content (AvgIpc) is 3.44. The number of anilines is 1. The van der Waals surface area contributed by atoms with Crippen LogP contribution in [0.3, 0.4) is 0 Å². The highest BCUT2D eigenvalue weighted by Crippen LogP contribution is 2.36. The Labute approximate surface area is 176 Å². The van der Waals surface area contributed by atoms with E-state index in [-0.39, 0.29) is 5.54 Å². The van der Waals surface area contributed by atoms with E-state index < -0.39 is 0 Å². The minimum Gasteiger partial charge on any atom is -0.346 e. The molecule has 10 heteroatoms. The van der Waals surface area contributed by atoms with E-state index in [2.05, 4.69) is 51.2 Å². The maximum absolute atomic E-state index is 4.83. The molecule has 5 heterocycles. The first kappa shape index (κ1) is 18.6. The number of fused-ring (bicyclic) bond motifs is 1. The summed E-state index contributed by atoms with van der Waals surface area (Å²) in [5.41, 5.74) is 2.02. The van der Waals surface area contributed by atoms with Crippen LogP contribution in [-0.2, 0) is 0 Å². The Hall–Kier alpha value is -2.43. The first-order valence-electron chi connectivity index (χ1n) is 9.56. The second kappa shape index (κ2) is 7.12. The Bertz CT molecular complexity index is 1080. The number of aromatic nitrogens is 6. The molecule has 4 aromatic heterocycles. The summed E-state index contributed by atoms with van der Waals surface area (Å²) in [4.78, 5) is 22.8. The Morgan fingerprint density at radius 1 is 1.07 bits per heavy atom. The molecule has 1 atom stereocenters. The van der Waals surface area contributed by atoms with Gasteiger partial charge in [-0.05, 0) is 27.2 Å². The van der Waals surface area contributed by atoms with Crippen LogP contribution >= 0.6 is 22.7 Å². The Kier molecular flexibility index (Phi) is 4.56. The third kappa shape index (κ3) is 3.87. The lowest BCUT2D eigenvalue weighted by molar-refractivity contribution is 0.373. The number of hydrogen-bond donors (Lipinski definition) is 2. The number of rotatable bonds is 4. The molecular formula is C19H22N8S2. The summed E-state index contributed by atoms with van der Waals surface area (Å²) in [6, 6.07) is 0.502. The van der Waals surface area contributed by atoms with Gasteiger partial charge in [-0.2, -0.15) is 5.10 Å². The van der Waals surface area contributed by atoms with Crippen molar-refractivity contribution in [3.05, 3.63) is 24.8 Å². The van der Waals surface area contributed by atoms with Crippen LogP contribution in [0, 0.1) is 0 Å². The van der Waals surface area contributed by atoms with Gasteiger partial charge in [-0.25, -0.2) is 19.9 Å². The molecule has 8 nitrogen and oxygen atoms in total.